The Labute approximate surface area is 117 Å². The highest BCUT2D eigenvalue weighted by Crippen LogP contribution is 2.17. The van der Waals surface area contributed by atoms with Gasteiger partial charge in [0.05, 0.1) is 0 Å². The first-order chi connectivity index (χ1) is 9.31. The Morgan fingerprint density at radius 1 is 0.947 bits per heavy atom. The van der Waals surface area contributed by atoms with E-state index in [1.807, 2.05) is 0 Å². The molecule has 0 bridgehead atoms. The summed E-state index contributed by atoms with van der Waals surface area (Å²) in [7, 11) is 0. The van der Waals surface area contributed by atoms with Gasteiger partial charge in [0.15, 0.2) is 0 Å². The molecule has 0 amide bonds. The van der Waals surface area contributed by atoms with Crippen LogP contribution in [0.5, 0.6) is 0 Å². The SMILES string of the molecule is CCN(CC)c1ccc(NCCCCCCO)cc1. The predicted octanol–water partition coefficient (Wildman–Crippen LogP) is 3.50. The lowest BCUT2D eigenvalue weighted by molar-refractivity contribution is 0.283. The van der Waals surface area contributed by atoms with Gasteiger partial charge < -0.3 is 15.3 Å². The van der Waals surface area contributed by atoms with E-state index in [0.717, 1.165) is 38.9 Å². The van der Waals surface area contributed by atoms with Crippen LogP contribution in [0.25, 0.3) is 0 Å². The number of nitrogens with zero attached hydrogens (tertiary/aromatic N) is 1. The van der Waals surface area contributed by atoms with Crippen molar-refractivity contribution in [2.24, 2.45) is 0 Å². The maximum atomic E-state index is 8.69. The smallest absolute Gasteiger partial charge is 0.0431 e. The van der Waals surface area contributed by atoms with Crippen molar-refractivity contribution < 1.29 is 5.11 Å². The van der Waals surface area contributed by atoms with E-state index < -0.39 is 0 Å². The van der Waals surface area contributed by atoms with Crippen LogP contribution < -0.4 is 10.2 Å². The molecule has 0 heterocycles. The molecule has 0 aliphatic carbocycles. The normalized spacial score (nSPS) is 10.5. The second-order valence-corrected chi connectivity index (χ2v) is 4.78. The van der Waals surface area contributed by atoms with E-state index in [2.05, 4.69) is 48.3 Å². The first-order valence-electron chi connectivity index (χ1n) is 7.51. The number of benzene rings is 1. The largest absolute Gasteiger partial charge is 0.396 e. The highest BCUT2D eigenvalue weighted by Gasteiger charge is 2.00. The number of hydrogen-bond acceptors (Lipinski definition) is 3. The van der Waals surface area contributed by atoms with E-state index in [-0.39, 0.29) is 0 Å². The molecular weight excluding hydrogens is 236 g/mol. The summed E-state index contributed by atoms with van der Waals surface area (Å²) in [5, 5.41) is 12.1. The Bertz CT molecular complexity index is 320. The number of unbranched alkanes of at least 4 members (excludes halogenated alkanes) is 3. The monoisotopic (exact) mass is 264 g/mol. The molecule has 0 unspecified atom stereocenters. The number of aliphatic hydroxyl groups is 1. The van der Waals surface area contributed by atoms with E-state index in [1.54, 1.807) is 0 Å². The molecule has 19 heavy (non-hydrogen) atoms. The fraction of sp³-hybridized carbons (Fsp3) is 0.625. The lowest BCUT2D eigenvalue weighted by Crippen LogP contribution is -2.21. The van der Waals surface area contributed by atoms with E-state index in [0.29, 0.717) is 6.61 Å². The van der Waals surface area contributed by atoms with Gasteiger partial charge in [-0.05, 0) is 51.0 Å². The van der Waals surface area contributed by atoms with Gasteiger partial charge in [0.2, 0.25) is 0 Å². The minimum atomic E-state index is 0.320. The summed E-state index contributed by atoms with van der Waals surface area (Å²) in [5.74, 6) is 0. The molecule has 0 radical (unpaired) electrons. The van der Waals surface area contributed by atoms with Crippen molar-refractivity contribution in [1.29, 1.82) is 0 Å². The van der Waals surface area contributed by atoms with Gasteiger partial charge in [-0.1, -0.05) is 12.8 Å². The standard InChI is InChI=1S/C16H28N2O/c1-3-18(4-2)16-11-9-15(10-12-16)17-13-7-5-6-8-14-19/h9-12,17,19H,3-8,13-14H2,1-2H3. The fourth-order valence-electron chi connectivity index (χ4n) is 2.20. The van der Waals surface area contributed by atoms with Crippen LogP contribution in [-0.4, -0.2) is 31.3 Å². The Balaban J connectivity index is 2.28. The van der Waals surface area contributed by atoms with Crippen LogP contribution in [0.3, 0.4) is 0 Å². The first-order valence-corrected chi connectivity index (χ1v) is 7.51. The number of aliphatic hydroxyl groups excluding tert-OH is 1. The summed E-state index contributed by atoms with van der Waals surface area (Å²) in [6.07, 6.45) is 4.40. The van der Waals surface area contributed by atoms with Crippen molar-refractivity contribution >= 4 is 11.4 Å². The molecule has 108 valence electrons. The van der Waals surface area contributed by atoms with Crippen molar-refractivity contribution in [3.8, 4) is 0 Å². The molecule has 0 aromatic heterocycles. The Hall–Kier alpha value is -1.22. The molecule has 3 nitrogen and oxygen atoms in total. The maximum Gasteiger partial charge on any atom is 0.0431 e. The minimum Gasteiger partial charge on any atom is -0.396 e. The molecule has 3 heteroatoms. The van der Waals surface area contributed by atoms with Crippen molar-refractivity contribution in [3.05, 3.63) is 24.3 Å². The summed E-state index contributed by atoms with van der Waals surface area (Å²) in [4.78, 5) is 2.35. The maximum absolute atomic E-state index is 8.69. The van der Waals surface area contributed by atoms with E-state index >= 15 is 0 Å². The van der Waals surface area contributed by atoms with Gasteiger partial charge in [0, 0.05) is 37.6 Å². The number of rotatable bonds is 10. The second kappa shape index (κ2) is 9.68. The molecule has 0 aliphatic rings. The van der Waals surface area contributed by atoms with Gasteiger partial charge >= 0.3 is 0 Å². The average molecular weight is 264 g/mol. The zero-order valence-electron chi connectivity index (χ0n) is 12.4. The van der Waals surface area contributed by atoms with Crippen molar-refractivity contribution in [3.63, 3.8) is 0 Å². The molecule has 0 saturated carbocycles. The molecule has 0 atom stereocenters. The van der Waals surface area contributed by atoms with Crippen LogP contribution >= 0.6 is 0 Å². The summed E-state index contributed by atoms with van der Waals surface area (Å²) in [6, 6.07) is 8.67. The van der Waals surface area contributed by atoms with Gasteiger partial charge in [-0.25, -0.2) is 0 Å². The van der Waals surface area contributed by atoms with Gasteiger partial charge in [0.1, 0.15) is 0 Å². The predicted molar refractivity (Wildman–Crippen MR) is 84.0 cm³/mol. The van der Waals surface area contributed by atoms with Gasteiger partial charge in [-0.2, -0.15) is 0 Å². The Morgan fingerprint density at radius 3 is 2.16 bits per heavy atom. The van der Waals surface area contributed by atoms with Crippen LogP contribution in [0.1, 0.15) is 39.5 Å². The third-order valence-electron chi connectivity index (χ3n) is 3.41. The zero-order chi connectivity index (χ0) is 13.9. The summed E-state index contributed by atoms with van der Waals surface area (Å²) in [6.45, 7) is 7.79. The highest BCUT2D eigenvalue weighted by atomic mass is 16.2. The molecule has 1 aromatic rings. The van der Waals surface area contributed by atoms with E-state index in [1.165, 1.54) is 17.8 Å². The number of anilines is 2. The van der Waals surface area contributed by atoms with Crippen LogP contribution in [0.2, 0.25) is 0 Å². The average Bonchev–Trinajstić information content (AvgIpc) is 2.45. The van der Waals surface area contributed by atoms with E-state index in [4.69, 9.17) is 5.11 Å². The van der Waals surface area contributed by atoms with Gasteiger partial charge in [-0.15, -0.1) is 0 Å². The highest BCUT2D eigenvalue weighted by molar-refractivity contribution is 5.54. The van der Waals surface area contributed by atoms with Crippen LogP contribution in [-0.2, 0) is 0 Å². The molecule has 1 rings (SSSR count). The second-order valence-electron chi connectivity index (χ2n) is 4.78. The number of hydrogen-bond donors (Lipinski definition) is 2. The Kier molecular flexibility index (Phi) is 8.07. The van der Waals surface area contributed by atoms with Crippen molar-refractivity contribution in [1.82, 2.24) is 0 Å². The zero-order valence-corrected chi connectivity index (χ0v) is 12.4. The van der Waals surface area contributed by atoms with Gasteiger partial charge in [-0.3, -0.25) is 0 Å². The van der Waals surface area contributed by atoms with Gasteiger partial charge in [0.25, 0.3) is 0 Å². The molecule has 1 aromatic carbocycles. The third-order valence-corrected chi connectivity index (χ3v) is 3.41. The van der Waals surface area contributed by atoms with Crippen LogP contribution in [0, 0.1) is 0 Å². The number of nitrogens with one attached hydrogen (secondary N) is 1. The fourth-order valence-corrected chi connectivity index (χ4v) is 2.20. The summed E-state index contributed by atoms with van der Waals surface area (Å²) in [5.41, 5.74) is 2.48. The lowest BCUT2D eigenvalue weighted by Gasteiger charge is -2.21. The van der Waals surface area contributed by atoms with Crippen molar-refractivity contribution in [2.75, 3.05) is 36.5 Å². The van der Waals surface area contributed by atoms with Crippen molar-refractivity contribution in [2.45, 2.75) is 39.5 Å². The summed E-state index contributed by atoms with van der Waals surface area (Å²) < 4.78 is 0. The van der Waals surface area contributed by atoms with Crippen LogP contribution in [0.4, 0.5) is 11.4 Å². The topological polar surface area (TPSA) is 35.5 Å². The molecular formula is C16H28N2O. The molecule has 2 N–H and O–H groups in total. The van der Waals surface area contributed by atoms with Crippen LogP contribution in [0.15, 0.2) is 24.3 Å². The quantitative estimate of drug-likeness (QED) is 0.635. The molecule has 0 saturated heterocycles. The third kappa shape index (κ3) is 5.97. The Morgan fingerprint density at radius 2 is 1.58 bits per heavy atom. The first kappa shape index (κ1) is 15.8. The summed E-state index contributed by atoms with van der Waals surface area (Å²) >= 11 is 0. The minimum absolute atomic E-state index is 0.320. The molecule has 0 fully saturated rings. The van der Waals surface area contributed by atoms with E-state index in [9.17, 15) is 0 Å². The molecule has 0 aliphatic heterocycles. The molecule has 0 spiro atoms. The lowest BCUT2D eigenvalue weighted by atomic mass is 10.2.